The maximum Gasteiger partial charge on any atom is 0.0928 e. The Morgan fingerprint density at radius 3 is 3.05 bits per heavy atom. The Balaban J connectivity index is 1.75. The minimum atomic E-state index is 0.199. The second-order valence-electron chi connectivity index (χ2n) is 5.93. The molecule has 1 atom stereocenters. The molecule has 2 aromatic rings. The van der Waals surface area contributed by atoms with Gasteiger partial charge in [0.15, 0.2) is 0 Å². The topological polar surface area (TPSA) is 36.4 Å². The second kappa shape index (κ2) is 7.36. The number of hydrogen-bond acceptors (Lipinski definition) is 4. The minimum absolute atomic E-state index is 0.199. The lowest BCUT2D eigenvalue weighted by molar-refractivity contribution is 0.141. The van der Waals surface area contributed by atoms with Gasteiger partial charge in [-0.2, -0.15) is 0 Å². The van der Waals surface area contributed by atoms with Crippen LogP contribution in [0.1, 0.15) is 47.6 Å². The Labute approximate surface area is 136 Å². The van der Waals surface area contributed by atoms with Crippen molar-refractivity contribution in [3.63, 3.8) is 0 Å². The van der Waals surface area contributed by atoms with Gasteiger partial charge in [-0.25, -0.2) is 4.98 Å². The minimum Gasteiger partial charge on any atom is -0.395 e. The predicted molar refractivity (Wildman–Crippen MR) is 91.1 cm³/mol. The van der Waals surface area contributed by atoms with Crippen molar-refractivity contribution in [1.29, 1.82) is 0 Å². The summed E-state index contributed by atoms with van der Waals surface area (Å²) in [5.41, 5.74) is 4.03. The van der Waals surface area contributed by atoms with E-state index in [-0.39, 0.29) is 6.61 Å². The molecule has 0 saturated carbocycles. The van der Waals surface area contributed by atoms with Gasteiger partial charge >= 0.3 is 0 Å². The quantitative estimate of drug-likeness (QED) is 0.848. The number of fused-ring (bicyclic) bond motifs is 1. The Kier molecular flexibility index (Phi) is 5.24. The molecule has 4 heteroatoms. The van der Waals surface area contributed by atoms with Gasteiger partial charge in [-0.3, -0.25) is 4.90 Å². The van der Waals surface area contributed by atoms with Crippen LogP contribution < -0.4 is 0 Å². The first-order valence-electron chi connectivity index (χ1n) is 8.17. The highest BCUT2D eigenvalue weighted by molar-refractivity contribution is 7.09. The average Bonchev–Trinajstić information content (AvgIpc) is 3.14. The van der Waals surface area contributed by atoms with Gasteiger partial charge in [-0.05, 0) is 36.8 Å². The van der Waals surface area contributed by atoms with E-state index in [0.717, 1.165) is 37.9 Å². The van der Waals surface area contributed by atoms with Crippen LogP contribution in [0.4, 0.5) is 0 Å². The molecule has 22 heavy (non-hydrogen) atoms. The third-order valence-corrected chi connectivity index (χ3v) is 5.31. The van der Waals surface area contributed by atoms with E-state index in [1.165, 1.54) is 16.1 Å². The van der Waals surface area contributed by atoms with Crippen molar-refractivity contribution in [2.75, 3.05) is 13.2 Å². The molecule has 1 N–H and O–H groups in total. The van der Waals surface area contributed by atoms with Gasteiger partial charge in [-0.15, -0.1) is 11.3 Å². The largest absolute Gasteiger partial charge is 0.395 e. The highest BCUT2D eigenvalue weighted by Crippen LogP contribution is 2.36. The molecule has 0 saturated heterocycles. The maximum atomic E-state index is 9.45. The van der Waals surface area contributed by atoms with E-state index in [1.54, 1.807) is 11.3 Å². The van der Waals surface area contributed by atoms with Crippen molar-refractivity contribution in [3.05, 3.63) is 51.5 Å². The van der Waals surface area contributed by atoms with Crippen LogP contribution >= 0.6 is 11.3 Å². The lowest BCUT2D eigenvalue weighted by atomic mass is 10.1. The molecule has 3 rings (SSSR count). The number of benzene rings is 1. The average molecular weight is 316 g/mol. The van der Waals surface area contributed by atoms with Crippen LogP contribution in [0.25, 0.3) is 0 Å². The first kappa shape index (κ1) is 15.7. The van der Waals surface area contributed by atoms with Crippen molar-refractivity contribution >= 4 is 11.3 Å². The molecule has 1 aliphatic rings. The first-order valence-corrected chi connectivity index (χ1v) is 9.05. The number of aromatic nitrogens is 1. The second-order valence-corrected chi connectivity index (χ2v) is 6.87. The van der Waals surface area contributed by atoms with E-state index in [4.69, 9.17) is 4.98 Å². The Morgan fingerprint density at radius 1 is 1.36 bits per heavy atom. The van der Waals surface area contributed by atoms with Gasteiger partial charge in [0.05, 0.1) is 17.3 Å². The summed E-state index contributed by atoms with van der Waals surface area (Å²) in [7, 11) is 0. The Bertz CT molecular complexity index is 611. The van der Waals surface area contributed by atoms with Gasteiger partial charge in [0.25, 0.3) is 0 Å². The summed E-state index contributed by atoms with van der Waals surface area (Å²) >= 11 is 1.76. The Hall–Kier alpha value is -1.23. The molecule has 0 radical (unpaired) electrons. The number of aryl methyl sites for hydroxylation is 2. The fraction of sp³-hybridized carbons (Fsp3) is 0.500. The summed E-state index contributed by atoms with van der Waals surface area (Å²) in [6, 6.07) is 9.13. The first-order chi connectivity index (χ1) is 10.8. The summed E-state index contributed by atoms with van der Waals surface area (Å²) in [4.78, 5) is 7.13. The van der Waals surface area contributed by atoms with Gasteiger partial charge in [-0.1, -0.05) is 31.2 Å². The lowest BCUT2D eigenvalue weighted by Gasteiger charge is -2.28. The fourth-order valence-electron chi connectivity index (χ4n) is 3.35. The summed E-state index contributed by atoms with van der Waals surface area (Å²) < 4.78 is 0. The Morgan fingerprint density at radius 2 is 2.23 bits per heavy atom. The molecule has 0 spiro atoms. The number of thiazole rings is 1. The summed E-state index contributed by atoms with van der Waals surface area (Å²) in [5, 5.41) is 12.9. The number of hydrogen-bond donors (Lipinski definition) is 1. The fourth-order valence-corrected chi connectivity index (χ4v) is 4.24. The summed E-state index contributed by atoms with van der Waals surface area (Å²) in [6.45, 7) is 3.93. The molecule has 1 aliphatic carbocycles. The van der Waals surface area contributed by atoms with Crippen molar-refractivity contribution < 1.29 is 5.11 Å². The number of nitrogens with zero attached hydrogens (tertiary/aromatic N) is 2. The molecular formula is C18H24N2OS. The van der Waals surface area contributed by atoms with Crippen LogP contribution in [0, 0.1) is 0 Å². The van der Waals surface area contributed by atoms with E-state index < -0.39 is 0 Å². The van der Waals surface area contributed by atoms with Crippen LogP contribution in [0.2, 0.25) is 0 Å². The maximum absolute atomic E-state index is 9.45. The van der Waals surface area contributed by atoms with Crippen LogP contribution in [-0.4, -0.2) is 28.1 Å². The molecular weight excluding hydrogens is 292 g/mol. The molecule has 1 aromatic carbocycles. The molecule has 0 fully saturated rings. The van der Waals surface area contributed by atoms with Gasteiger partial charge < -0.3 is 5.11 Å². The monoisotopic (exact) mass is 316 g/mol. The van der Waals surface area contributed by atoms with Crippen LogP contribution in [0.3, 0.4) is 0 Å². The molecule has 118 valence electrons. The van der Waals surface area contributed by atoms with Crippen LogP contribution in [0.15, 0.2) is 29.6 Å². The van der Waals surface area contributed by atoms with Crippen molar-refractivity contribution in [2.24, 2.45) is 0 Å². The van der Waals surface area contributed by atoms with E-state index in [0.29, 0.717) is 12.6 Å². The summed E-state index contributed by atoms with van der Waals surface area (Å²) in [6.07, 6.45) is 4.49. The lowest BCUT2D eigenvalue weighted by Crippen LogP contribution is -2.30. The zero-order valence-electron chi connectivity index (χ0n) is 13.2. The van der Waals surface area contributed by atoms with Crippen molar-refractivity contribution in [1.82, 2.24) is 9.88 Å². The van der Waals surface area contributed by atoms with Crippen LogP contribution in [-0.2, 0) is 19.4 Å². The normalized spacial score (nSPS) is 17.1. The zero-order chi connectivity index (χ0) is 15.4. The van der Waals surface area contributed by atoms with Crippen LogP contribution in [0.5, 0.6) is 0 Å². The van der Waals surface area contributed by atoms with Crippen molar-refractivity contribution in [2.45, 2.75) is 45.2 Å². The van der Waals surface area contributed by atoms with Gasteiger partial charge in [0.2, 0.25) is 0 Å². The van der Waals surface area contributed by atoms with E-state index in [2.05, 4.69) is 41.5 Å². The molecule has 0 aliphatic heterocycles. The van der Waals surface area contributed by atoms with Gasteiger partial charge in [0, 0.05) is 24.5 Å². The highest BCUT2D eigenvalue weighted by Gasteiger charge is 2.27. The predicted octanol–water partition coefficient (Wildman–Crippen LogP) is 3.58. The molecule has 0 amide bonds. The smallest absolute Gasteiger partial charge is 0.0928 e. The van der Waals surface area contributed by atoms with Crippen molar-refractivity contribution in [3.8, 4) is 0 Å². The summed E-state index contributed by atoms with van der Waals surface area (Å²) in [5.74, 6) is 0. The molecule has 1 heterocycles. The van der Waals surface area contributed by atoms with E-state index >= 15 is 0 Å². The number of rotatable bonds is 7. The third kappa shape index (κ3) is 3.40. The zero-order valence-corrected chi connectivity index (χ0v) is 14.0. The third-order valence-electron chi connectivity index (χ3n) is 4.36. The number of aliphatic hydroxyl groups excluding tert-OH is 1. The van der Waals surface area contributed by atoms with Gasteiger partial charge in [0.1, 0.15) is 0 Å². The molecule has 3 nitrogen and oxygen atoms in total. The highest BCUT2D eigenvalue weighted by atomic mass is 32.1. The molecule has 0 bridgehead atoms. The standard InChI is InChI=1S/C18H24N2OS/c1-2-5-18-19-15(13-22-18)12-20(10-11-21)17-9-8-14-6-3-4-7-16(14)17/h3-4,6-7,13,17,21H,2,5,8-12H2,1H3. The van der Waals surface area contributed by atoms with E-state index in [9.17, 15) is 5.11 Å². The SMILES string of the molecule is CCCc1nc(CN(CCO)C2CCc3ccccc32)cs1. The molecule has 1 unspecified atom stereocenters. The number of aliphatic hydroxyl groups is 1. The van der Waals surface area contributed by atoms with E-state index in [1.807, 2.05) is 0 Å². The molecule has 1 aromatic heterocycles.